The van der Waals surface area contributed by atoms with Gasteiger partial charge in [0.2, 0.25) is 0 Å². The molecule has 0 bridgehead atoms. The van der Waals surface area contributed by atoms with E-state index < -0.39 is 0 Å². The highest BCUT2D eigenvalue weighted by Gasteiger charge is 2.15. The Labute approximate surface area is 208 Å². The smallest absolute Gasteiger partial charge is 0.272 e. The number of fused-ring (bicyclic) bond motifs is 1. The number of carbonyl (C=O) groups excluding carboxylic acids is 1. The van der Waals surface area contributed by atoms with Gasteiger partial charge in [0.25, 0.3) is 5.91 Å². The number of rotatable bonds is 6. The van der Waals surface area contributed by atoms with Gasteiger partial charge in [-0.15, -0.1) is 0 Å². The molecule has 172 valence electrons. The van der Waals surface area contributed by atoms with Gasteiger partial charge in [0.1, 0.15) is 5.75 Å². The van der Waals surface area contributed by atoms with E-state index in [1.807, 2.05) is 57.2 Å². The average molecular weight is 492 g/mol. The molecule has 0 saturated carbocycles. The number of benzene rings is 3. The maximum Gasteiger partial charge on any atom is 0.272 e. The van der Waals surface area contributed by atoms with Crippen molar-refractivity contribution in [3.05, 3.63) is 94.0 Å². The van der Waals surface area contributed by atoms with Crippen LogP contribution in [0, 0.1) is 0 Å². The highest BCUT2D eigenvalue weighted by atomic mass is 35.5. The van der Waals surface area contributed by atoms with Crippen LogP contribution < -0.4 is 10.2 Å². The molecule has 1 heterocycles. The zero-order valence-corrected chi connectivity index (χ0v) is 20.5. The molecular weight excluding hydrogens is 469 g/mol. The molecule has 34 heavy (non-hydrogen) atoms. The van der Waals surface area contributed by atoms with Gasteiger partial charge in [0, 0.05) is 26.6 Å². The minimum absolute atomic E-state index is 0.0637. The van der Waals surface area contributed by atoms with Gasteiger partial charge in [-0.05, 0) is 69.3 Å². The molecule has 0 radical (unpaired) electrons. The van der Waals surface area contributed by atoms with E-state index in [9.17, 15) is 4.79 Å². The molecule has 1 aromatic heterocycles. The molecule has 0 aliphatic rings. The van der Waals surface area contributed by atoms with Crippen LogP contribution in [-0.4, -0.2) is 22.7 Å². The molecule has 3 aromatic carbocycles. The van der Waals surface area contributed by atoms with E-state index in [0.29, 0.717) is 37.9 Å². The number of amides is 1. The number of nitrogens with one attached hydrogen (secondary N) is 1. The summed E-state index contributed by atoms with van der Waals surface area (Å²) in [6, 6.07) is 21.9. The highest BCUT2D eigenvalue weighted by molar-refractivity contribution is 6.31. The summed E-state index contributed by atoms with van der Waals surface area (Å²) in [5.74, 6) is 0.384. The van der Waals surface area contributed by atoms with Gasteiger partial charge < -0.3 is 4.74 Å². The predicted molar refractivity (Wildman–Crippen MR) is 139 cm³/mol. The third-order valence-corrected chi connectivity index (χ3v) is 5.59. The Hall–Kier alpha value is -3.41. The fraction of sp³-hybridized carbons (Fsp3) is 0.148. The third kappa shape index (κ3) is 5.56. The zero-order valence-electron chi connectivity index (χ0n) is 19.0. The number of nitrogens with zero attached hydrogens (tertiary/aromatic N) is 2. The Kier molecular flexibility index (Phi) is 7.15. The molecule has 0 fully saturated rings. The van der Waals surface area contributed by atoms with Crippen LogP contribution in [0.5, 0.6) is 5.75 Å². The minimum atomic E-state index is -0.362. The molecule has 0 aliphatic heterocycles. The van der Waals surface area contributed by atoms with Crippen molar-refractivity contribution in [1.82, 2.24) is 10.4 Å². The summed E-state index contributed by atoms with van der Waals surface area (Å²) in [4.78, 5) is 17.9. The second-order valence-corrected chi connectivity index (χ2v) is 8.93. The Bertz CT molecular complexity index is 1380. The first kappa shape index (κ1) is 23.7. The van der Waals surface area contributed by atoms with E-state index in [0.717, 1.165) is 16.9 Å². The first-order valence-corrected chi connectivity index (χ1v) is 11.5. The lowest BCUT2D eigenvalue weighted by Crippen LogP contribution is -2.20. The highest BCUT2D eigenvalue weighted by Crippen LogP contribution is 2.28. The van der Waals surface area contributed by atoms with Gasteiger partial charge in [-0.1, -0.05) is 47.5 Å². The summed E-state index contributed by atoms with van der Waals surface area (Å²) in [6.07, 6.45) is 0.0637. The monoisotopic (exact) mass is 491 g/mol. The normalized spacial score (nSPS) is 11.6. The molecule has 1 N–H and O–H groups in total. The maximum absolute atomic E-state index is 13.2. The van der Waals surface area contributed by atoms with Crippen molar-refractivity contribution in [2.24, 2.45) is 5.10 Å². The Morgan fingerprint density at radius 2 is 1.71 bits per heavy atom. The van der Waals surface area contributed by atoms with Gasteiger partial charge in [-0.25, -0.2) is 10.4 Å². The Morgan fingerprint density at radius 3 is 2.44 bits per heavy atom. The van der Waals surface area contributed by atoms with E-state index >= 15 is 0 Å². The molecule has 0 unspecified atom stereocenters. The van der Waals surface area contributed by atoms with Crippen LogP contribution in [0.25, 0.3) is 22.2 Å². The molecule has 7 heteroatoms. The number of halogens is 2. The number of hydrazone groups is 1. The van der Waals surface area contributed by atoms with E-state index in [1.165, 1.54) is 0 Å². The van der Waals surface area contributed by atoms with Crippen LogP contribution in [0.15, 0.2) is 77.9 Å². The fourth-order valence-corrected chi connectivity index (χ4v) is 3.78. The Morgan fingerprint density at radius 1 is 0.971 bits per heavy atom. The van der Waals surface area contributed by atoms with Gasteiger partial charge in [-0.3, -0.25) is 4.79 Å². The second kappa shape index (κ2) is 10.2. The summed E-state index contributed by atoms with van der Waals surface area (Å²) < 4.78 is 5.75. The van der Waals surface area contributed by atoms with Crippen molar-refractivity contribution in [2.45, 2.75) is 26.9 Å². The number of hydrogen-bond acceptors (Lipinski definition) is 4. The number of aromatic nitrogens is 1. The number of hydrogen-bond donors (Lipinski definition) is 1. The standard InChI is InChI=1S/C27H23Cl2N3O2/c1-16(2)34-22-6-4-5-19(13-22)17(3)31-32-27(33)24-15-26(18-7-9-20(28)10-8-18)30-25-12-11-21(29)14-23(24)25/h4-16H,1-3H3,(H,32,33)/b31-17+. The predicted octanol–water partition coefficient (Wildman–Crippen LogP) is 7.15. The lowest BCUT2D eigenvalue weighted by atomic mass is 10.0. The molecule has 0 spiro atoms. The number of carbonyl (C=O) groups is 1. The minimum Gasteiger partial charge on any atom is -0.491 e. The van der Waals surface area contributed by atoms with Crippen LogP contribution in [0.1, 0.15) is 36.7 Å². The van der Waals surface area contributed by atoms with Gasteiger partial charge in [0.05, 0.1) is 28.6 Å². The third-order valence-electron chi connectivity index (χ3n) is 5.10. The van der Waals surface area contributed by atoms with Gasteiger partial charge in [-0.2, -0.15) is 5.10 Å². The lowest BCUT2D eigenvalue weighted by Gasteiger charge is -2.11. The van der Waals surface area contributed by atoms with Gasteiger partial charge >= 0.3 is 0 Å². The molecule has 0 saturated heterocycles. The number of pyridine rings is 1. The molecule has 0 atom stereocenters. The van der Waals surface area contributed by atoms with Crippen LogP contribution in [0.2, 0.25) is 10.0 Å². The van der Waals surface area contributed by atoms with Crippen molar-refractivity contribution < 1.29 is 9.53 Å². The summed E-state index contributed by atoms with van der Waals surface area (Å²) in [5, 5.41) is 6.11. The molecule has 1 amide bonds. The van der Waals surface area contributed by atoms with Crippen molar-refractivity contribution >= 4 is 45.7 Å². The average Bonchev–Trinajstić information content (AvgIpc) is 2.82. The van der Waals surface area contributed by atoms with Crippen molar-refractivity contribution in [1.29, 1.82) is 0 Å². The van der Waals surface area contributed by atoms with Crippen LogP contribution in [-0.2, 0) is 0 Å². The first-order chi connectivity index (χ1) is 16.3. The van der Waals surface area contributed by atoms with Crippen LogP contribution in [0.4, 0.5) is 0 Å². The fourth-order valence-electron chi connectivity index (χ4n) is 3.48. The zero-order chi connectivity index (χ0) is 24.2. The van der Waals surface area contributed by atoms with E-state index in [4.69, 9.17) is 32.9 Å². The quantitative estimate of drug-likeness (QED) is 0.230. The van der Waals surface area contributed by atoms with Crippen molar-refractivity contribution in [3.8, 4) is 17.0 Å². The summed E-state index contributed by atoms with van der Waals surface area (Å²) in [7, 11) is 0. The molecule has 4 aromatic rings. The molecule has 5 nitrogen and oxygen atoms in total. The maximum atomic E-state index is 13.2. The molecule has 0 aliphatic carbocycles. The van der Waals surface area contributed by atoms with E-state index in [2.05, 4.69) is 10.5 Å². The van der Waals surface area contributed by atoms with E-state index in [1.54, 1.807) is 36.4 Å². The topological polar surface area (TPSA) is 63.6 Å². The summed E-state index contributed by atoms with van der Waals surface area (Å²) in [5.41, 5.74) is 6.74. The van der Waals surface area contributed by atoms with Crippen molar-refractivity contribution in [2.75, 3.05) is 0 Å². The largest absolute Gasteiger partial charge is 0.491 e. The Balaban J connectivity index is 1.67. The summed E-state index contributed by atoms with van der Waals surface area (Å²) >= 11 is 12.2. The summed E-state index contributed by atoms with van der Waals surface area (Å²) in [6.45, 7) is 5.77. The molecule has 4 rings (SSSR count). The van der Waals surface area contributed by atoms with Crippen molar-refractivity contribution in [3.63, 3.8) is 0 Å². The molecular formula is C27H23Cl2N3O2. The van der Waals surface area contributed by atoms with Crippen LogP contribution >= 0.6 is 23.2 Å². The van der Waals surface area contributed by atoms with Gasteiger partial charge in [0.15, 0.2) is 0 Å². The SMILES string of the molecule is C/C(=N\NC(=O)c1cc(-c2ccc(Cl)cc2)nc2ccc(Cl)cc12)c1cccc(OC(C)C)c1. The van der Waals surface area contributed by atoms with Crippen LogP contribution in [0.3, 0.4) is 0 Å². The number of ether oxygens (including phenoxy) is 1. The lowest BCUT2D eigenvalue weighted by molar-refractivity contribution is 0.0956. The first-order valence-electron chi connectivity index (χ1n) is 10.8. The second-order valence-electron chi connectivity index (χ2n) is 8.06. The van der Waals surface area contributed by atoms with E-state index in [-0.39, 0.29) is 12.0 Å².